The van der Waals surface area contributed by atoms with Crippen molar-refractivity contribution < 1.29 is 19.0 Å². The smallest absolute Gasteiger partial charge is 0.410 e. The van der Waals surface area contributed by atoms with Crippen molar-refractivity contribution in [1.29, 1.82) is 0 Å². The van der Waals surface area contributed by atoms with Crippen LogP contribution < -0.4 is 4.90 Å². The minimum absolute atomic E-state index is 0.123. The van der Waals surface area contributed by atoms with Gasteiger partial charge in [-0.05, 0) is 64.6 Å². The maximum absolute atomic E-state index is 13.3. The van der Waals surface area contributed by atoms with Gasteiger partial charge in [-0.15, -0.1) is 11.3 Å². The molecule has 6 heterocycles. The number of rotatable bonds is 14. The van der Waals surface area contributed by atoms with Crippen LogP contribution in [0.5, 0.6) is 0 Å². The van der Waals surface area contributed by atoms with Gasteiger partial charge in [-0.1, -0.05) is 45.3 Å². The topological polar surface area (TPSA) is 107 Å². The quantitative estimate of drug-likeness (QED) is 0.0707. The van der Waals surface area contributed by atoms with Crippen LogP contribution >= 0.6 is 11.3 Å². The maximum Gasteiger partial charge on any atom is 0.410 e. The molecule has 14 heteroatoms. The second-order valence-electron chi connectivity index (χ2n) is 17.8. The van der Waals surface area contributed by atoms with Gasteiger partial charge in [0.1, 0.15) is 29.9 Å². The number of carbonyl (C=O) groups excluding carboxylic acids is 1. The number of ether oxygens (including phenoxy) is 3. The molecule has 0 aromatic carbocycles. The Morgan fingerprint density at radius 3 is 2.13 bits per heavy atom. The van der Waals surface area contributed by atoms with E-state index in [0.29, 0.717) is 26.7 Å². The van der Waals surface area contributed by atoms with Crippen LogP contribution in [0.2, 0.25) is 51.4 Å². The summed E-state index contributed by atoms with van der Waals surface area (Å²) in [5, 5.41) is 7.78. The molecule has 282 valence electrons. The highest BCUT2D eigenvalue weighted by Gasteiger charge is 2.45. The van der Waals surface area contributed by atoms with E-state index in [-0.39, 0.29) is 24.1 Å². The van der Waals surface area contributed by atoms with E-state index < -0.39 is 21.7 Å². The van der Waals surface area contributed by atoms with Gasteiger partial charge in [-0.25, -0.2) is 14.8 Å². The lowest BCUT2D eigenvalue weighted by Gasteiger charge is -2.39. The van der Waals surface area contributed by atoms with Gasteiger partial charge >= 0.3 is 6.09 Å². The van der Waals surface area contributed by atoms with E-state index >= 15 is 0 Å². The Hall–Kier alpha value is -3.18. The molecule has 0 N–H and O–H groups in total. The van der Waals surface area contributed by atoms with Gasteiger partial charge in [0.2, 0.25) is 0 Å². The van der Waals surface area contributed by atoms with E-state index in [9.17, 15) is 4.79 Å². The summed E-state index contributed by atoms with van der Waals surface area (Å²) in [5.74, 6) is 1.07. The molecule has 2 bridgehead atoms. The highest BCUT2D eigenvalue weighted by Crippen LogP contribution is 2.44. The van der Waals surface area contributed by atoms with Crippen molar-refractivity contribution in [2.75, 3.05) is 31.6 Å². The Labute approximate surface area is 315 Å². The zero-order valence-corrected chi connectivity index (χ0v) is 35.3. The normalized spacial score (nSPS) is 19.4. The summed E-state index contributed by atoms with van der Waals surface area (Å²) >= 11 is 1.57. The Morgan fingerprint density at radius 2 is 1.60 bits per heavy atom. The molecule has 6 rings (SSSR count). The van der Waals surface area contributed by atoms with E-state index in [1.54, 1.807) is 17.5 Å². The number of thiazole rings is 1. The number of hydrogen-bond donors (Lipinski definition) is 0. The molecule has 52 heavy (non-hydrogen) atoms. The number of fused-ring (bicyclic) bond motifs is 3. The van der Waals surface area contributed by atoms with Crippen LogP contribution in [-0.2, 0) is 14.2 Å². The highest BCUT2D eigenvalue weighted by atomic mass is 32.1. The molecule has 2 fully saturated rings. The standard InChI is InChI=1S/C38H57N7O4SSi2/c1-38(2,3)49-37(46)44-29-11-12-30(44)21-28(20-29)33-22-34(43(25-47-15-18-51(4,5)6)26-48-16-19-52(7,8)9)45-35(42-33)31(24-41-45)27-10-13-32(40-23-27)36-39-14-17-50-36/h10,13-14,17,22-24,28-30H,11-12,15-16,18-21,25-26H2,1-9H3. The van der Waals surface area contributed by atoms with E-state index in [1.807, 2.05) is 54.0 Å². The van der Waals surface area contributed by atoms with Crippen molar-refractivity contribution in [3.05, 3.63) is 47.9 Å². The summed E-state index contributed by atoms with van der Waals surface area (Å²) in [5.41, 5.74) is 3.94. The number of amides is 1. The molecule has 2 unspecified atom stereocenters. The molecule has 1 amide bonds. The predicted octanol–water partition coefficient (Wildman–Crippen LogP) is 8.99. The van der Waals surface area contributed by atoms with Crippen molar-refractivity contribution >= 4 is 45.0 Å². The minimum Gasteiger partial charge on any atom is -0.444 e. The number of nitrogens with zero attached hydrogens (tertiary/aromatic N) is 7. The Morgan fingerprint density at radius 1 is 0.942 bits per heavy atom. The summed E-state index contributed by atoms with van der Waals surface area (Å²) in [4.78, 5) is 32.0. The maximum atomic E-state index is 13.3. The fourth-order valence-corrected chi connectivity index (χ4v) is 9.07. The summed E-state index contributed by atoms with van der Waals surface area (Å²) in [7, 11) is -2.54. The van der Waals surface area contributed by atoms with E-state index in [0.717, 1.165) is 76.8 Å². The average Bonchev–Trinajstić information content (AvgIpc) is 3.80. The number of carbonyl (C=O) groups is 1. The zero-order valence-electron chi connectivity index (χ0n) is 32.5. The number of pyridine rings is 1. The first-order chi connectivity index (χ1) is 24.5. The van der Waals surface area contributed by atoms with Crippen molar-refractivity contribution in [3.63, 3.8) is 0 Å². The van der Waals surface area contributed by atoms with Gasteiger partial charge in [0.05, 0.1) is 11.9 Å². The van der Waals surface area contributed by atoms with Gasteiger partial charge in [-0.2, -0.15) is 9.61 Å². The summed E-state index contributed by atoms with van der Waals surface area (Å²) < 4.78 is 20.5. The first-order valence-electron chi connectivity index (χ1n) is 18.7. The third-order valence-corrected chi connectivity index (χ3v) is 14.0. The number of piperidine rings is 1. The van der Waals surface area contributed by atoms with Crippen LogP contribution in [-0.4, -0.2) is 96.1 Å². The van der Waals surface area contributed by atoms with Crippen LogP contribution in [0.15, 0.2) is 42.2 Å². The van der Waals surface area contributed by atoms with Crippen molar-refractivity contribution in [2.24, 2.45) is 0 Å². The summed E-state index contributed by atoms with van der Waals surface area (Å²) in [6.45, 7) is 22.2. The molecule has 11 nitrogen and oxygen atoms in total. The molecular weight excluding hydrogens is 707 g/mol. The fraction of sp³-hybridized carbons (Fsp3) is 0.605. The molecule has 0 spiro atoms. The van der Waals surface area contributed by atoms with Crippen LogP contribution in [0.4, 0.5) is 10.6 Å². The van der Waals surface area contributed by atoms with Crippen molar-refractivity contribution in [3.8, 4) is 21.8 Å². The number of anilines is 1. The molecule has 2 aliphatic heterocycles. The van der Waals surface area contributed by atoms with Gasteiger partial charge in [-0.3, -0.25) is 4.98 Å². The van der Waals surface area contributed by atoms with Gasteiger partial charge in [0, 0.05) is 88.0 Å². The van der Waals surface area contributed by atoms with Crippen LogP contribution in [0.25, 0.3) is 27.5 Å². The SMILES string of the molecule is CC(C)(C)OC(=O)N1C2CCC1CC(c1cc(N(COCC[Si](C)(C)C)COCC[Si](C)(C)C)n3ncc(-c4ccc(-c5nccs5)nc4)c3n1)C2. The van der Waals surface area contributed by atoms with Crippen LogP contribution in [0.3, 0.4) is 0 Å². The lowest BCUT2D eigenvalue weighted by Crippen LogP contribution is -2.48. The molecule has 2 saturated heterocycles. The zero-order chi connectivity index (χ0) is 37.3. The fourth-order valence-electron chi connectivity index (χ4n) is 6.94. The van der Waals surface area contributed by atoms with E-state index in [1.165, 1.54) is 0 Å². The third kappa shape index (κ3) is 9.67. The second kappa shape index (κ2) is 15.7. The Kier molecular flexibility index (Phi) is 11.6. The van der Waals surface area contributed by atoms with Crippen molar-refractivity contribution in [1.82, 2.24) is 29.5 Å². The molecule has 0 saturated carbocycles. The Balaban J connectivity index is 1.36. The first kappa shape index (κ1) is 38.5. The van der Waals surface area contributed by atoms with Gasteiger partial charge in [0.15, 0.2) is 5.65 Å². The highest BCUT2D eigenvalue weighted by molar-refractivity contribution is 7.13. The van der Waals surface area contributed by atoms with E-state index in [2.05, 4.69) is 61.3 Å². The van der Waals surface area contributed by atoms with E-state index in [4.69, 9.17) is 29.3 Å². The molecule has 2 atom stereocenters. The first-order valence-corrected chi connectivity index (χ1v) is 27.0. The third-order valence-electron chi connectivity index (χ3n) is 9.77. The largest absolute Gasteiger partial charge is 0.444 e. The van der Waals surface area contributed by atoms with Crippen LogP contribution in [0.1, 0.15) is 58.1 Å². The van der Waals surface area contributed by atoms with Crippen molar-refractivity contribution in [2.45, 2.75) is 121 Å². The predicted molar refractivity (Wildman–Crippen MR) is 215 cm³/mol. The number of aromatic nitrogens is 5. The van der Waals surface area contributed by atoms with Crippen LogP contribution in [0, 0.1) is 0 Å². The molecule has 2 aliphatic rings. The van der Waals surface area contributed by atoms with Gasteiger partial charge < -0.3 is 24.0 Å². The molecule has 4 aromatic rings. The van der Waals surface area contributed by atoms with Gasteiger partial charge in [0.25, 0.3) is 0 Å². The minimum atomic E-state index is -1.27. The Bertz CT molecular complexity index is 1760. The monoisotopic (exact) mass is 763 g/mol. The lowest BCUT2D eigenvalue weighted by molar-refractivity contribution is 0.00569. The second-order valence-corrected chi connectivity index (χ2v) is 29.9. The summed E-state index contributed by atoms with van der Waals surface area (Å²) in [6, 6.07) is 8.69. The molecule has 0 aliphatic carbocycles. The molecule has 0 radical (unpaired) electrons. The summed E-state index contributed by atoms with van der Waals surface area (Å²) in [6.07, 6.45) is 9.01. The lowest BCUT2D eigenvalue weighted by atomic mass is 9.88. The average molecular weight is 764 g/mol. The number of hydrogen-bond acceptors (Lipinski definition) is 10. The molecule has 4 aromatic heterocycles. The molecular formula is C38H57N7O4SSi2.